The zero-order valence-corrected chi connectivity index (χ0v) is 17.3. The number of benzene rings is 2. The quantitative estimate of drug-likeness (QED) is 0.362. The van der Waals surface area contributed by atoms with E-state index in [2.05, 4.69) is 4.98 Å². The van der Waals surface area contributed by atoms with Crippen LogP contribution in [0.25, 0.3) is 0 Å². The van der Waals surface area contributed by atoms with Gasteiger partial charge in [0.15, 0.2) is 5.75 Å². The molecule has 0 bridgehead atoms. The smallest absolute Gasteiger partial charge is 0.446 e. The largest absolute Gasteiger partial charge is 0.455 e. The average Bonchev–Trinajstić information content (AvgIpc) is 3.03. The van der Waals surface area contributed by atoms with E-state index in [0.717, 1.165) is 4.90 Å². The summed E-state index contributed by atoms with van der Waals surface area (Å²) in [5, 5.41) is 0. The summed E-state index contributed by atoms with van der Waals surface area (Å²) in [4.78, 5) is 31.7. The van der Waals surface area contributed by atoms with Crippen molar-refractivity contribution in [1.82, 2.24) is 9.88 Å². The second-order valence-electron chi connectivity index (χ2n) is 6.81. The van der Waals surface area contributed by atoms with Gasteiger partial charge in [-0.2, -0.15) is 13.2 Å². The van der Waals surface area contributed by atoms with Crippen molar-refractivity contribution >= 4 is 29.4 Å². The molecular weight excluding hydrogens is 443 g/mol. The van der Waals surface area contributed by atoms with Crippen LogP contribution in [0.5, 0.6) is 11.5 Å². The molecule has 2 heterocycles. The van der Waals surface area contributed by atoms with Gasteiger partial charge in [0.1, 0.15) is 12.3 Å². The number of pyridine rings is 1. The van der Waals surface area contributed by atoms with Crippen molar-refractivity contribution in [2.24, 2.45) is 0 Å². The van der Waals surface area contributed by atoms with E-state index in [0.29, 0.717) is 17.1 Å². The predicted octanol–water partition coefficient (Wildman–Crippen LogP) is 5.45. The van der Waals surface area contributed by atoms with Crippen molar-refractivity contribution in [3.63, 3.8) is 0 Å². The number of rotatable bonds is 6. The highest BCUT2D eigenvalue weighted by Gasteiger charge is 2.37. The number of ether oxygens (including phenoxy) is 1. The third kappa shape index (κ3) is 5.02. The number of amides is 3. The van der Waals surface area contributed by atoms with Crippen LogP contribution < -0.4 is 9.64 Å². The van der Waals surface area contributed by atoms with Gasteiger partial charge in [0.25, 0.3) is 5.91 Å². The van der Waals surface area contributed by atoms with Crippen molar-refractivity contribution in [3.8, 4) is 11.5 Å². The number of anilines is 1. The van der Waals surface area contributed by atoms with Crippen LogP contribution in [0.4, 0.5) is 23.7 Å². The molecular formula is C22H16F3N3O3S. The van der Waals surface area contributed by atoms with Crippen molar-refractivity contribution < 1.29 is 27.5 Å². The maximum Gasteiger partial charge on any atom is 0.446 e. The number of carbonyl (C=O) groups is 2. The van der Waals surface area contributed by atoms with Gasteiger partial charge in [0.05, 0.1) is 18.4 Å². The summed E-state index contributed by atoms with van der Waals surface area (Å²) in [5.41, 5.74) is -3.55. The van der Waals surface area contributed by atoms with E-state index < -0.39 is 17.4 Å². The van der Waals surface area contributed by atoms with Gasteiger partial charge in [-0.25, -0.2) is 9.69 Å². The number of para-hydroxylation sites is 1. The number of urea groups is 1. The molecule has 2 aromatic carbocycles. The molecule has 6 nitrogen and oxygen atoms in total. The fourth-order valence-electron chi connectivity index (χ4n) is 3.18. The molecule has 1 aliphatic rings. The number of hydrogen-bond donors (Lipinski definition) is 0. The Morgan fingerprint density at radius 2 is 1.72 bits per heavy atom. The maximum atomic E-state index is 12.9. The predicted molar refractivity (Wildman–Crippen MR) is 112 cm³/mol. The maximum absolute atomic E-state index is 12.9. The minimum absolute atomic E-state index is 0.0308. The molecule has 4 rings (SSSR count). The number of aromatic nitrogens is 1. The molecule has 0 aliphatic carbocycles. The van der Waals surface area contributed by atoms with Gasteiger partial charge in [-0.3, -0.25) is 9.78 Å². The zero-order valence-electron chi connectivity index (χ0n) is 16.5. The van der Waals surface area contributed by atoms with Gasteiger partial charge in [-0.15, -0.1) is 0 Å². The van der Waals surface area contributed by atoms with Gasteiger partial charge in [-0.05, 0) is 54.2 Å². The molecule has 0 radical (unpaired) electrons. The molecule has 0 N–H and O–H groups in total. The molecule has 164 valence electrons. The first-order chi connectivity index (χ1) is 15.3. The molecule has 10 heteroatoms. The first-order valence-corrected chi connectivity index (χ1v) is 10.3. The fourth-order valence-corrected chi connectivity index (χ4v) is 3.72. The number of carbonyl (C=O) groups excluding carboxylic acids is 2. The Balaban J connectivity index is 1.49. The highest BCUT2D eigenvalue weighted by molar-refractivity contribution is 8.00. The fraction of sp³-hybridized carbons (Fsp3) is 0.136. The minimum Gasteiger partial charge on any atom is -0.455 e. The van der Waals surface area contributed by atoms with E-state index in [1.165, 1.54) is 35.4 Å². The highest BCUT2D eigenvalue weighted by Crippen LogP contribution is 2.37. The molecule has 0 unspecified atom stereocenters. The van der Waals surface area contributed by atoms with E-state index in [1.54, 1.807) is 24.4 Å². The van der Waals surface area contributed by atoms with Crippen molar-refractivity contribution in [2.45, 2.75) is 16.9 Å². The van der Waals surface area contributed by atoms with Crippen LogP contribution in [0.3, 0.4) is 0 Å². The SMILES string of the molecule is O=C1CN(Cc2ccncc2Oc2ccccc2)C(=O)N1c1ccc(SC(F)(F)F)cc1. The third-order valence-corrected chi connectivity index (χ3v) is 5.31. The monoisotopic (exact) mass is 459 g/mol. The number of halogens is 3. The van der Waals surface area contributed by atoms with Gasteiger partial charge in [0, 0.05) is 16.7 Å². The molecule has 32 heavy (non-hydrogen) atoms. The Morgan fingerprint density at radius 3 is 2.41 bits per heavy atom. The zero-order chi connectivity index (χ0) is 22.7. The van der Waals surface area contributed by atoms with Crippen LogP contribution in [0, 0.1) is 0 Å². The van der Waals surface area contributed by atoms with E-state index >= 15 is 0 Å². The number of thioether (sulfide) groups is 1. The van der Waals surface area contributed by atoms with E-state index in [4.69, 9.17) is 4.74 Å². The minimum atomic E-state index is -4.42. The molecule has 3 amide bonds. The van der Waals surface area contributed by atoms with Gasteiger partial charge < -0.3 is 9.64 Å². The Morgan fingerprint density at radius 1 is 1.00 bits per heavy atom. The molecule has 0 spiro atoms. The Labute approximate surface area is 185 Å². The standard InChI is InChI=1S/C22H16F3N3O3S/c23-22(24,25)32-18-8-6-16(7-9-18)28-20(29)14-27(21(28)30)13-15-10-11-26-12-19(15)31-17-4-2-1-3-5-17/h1-12H,13-14H2. The van der Waals surface area contributed by atoms with Gasteiger partial charge in [-0.1, -0.05) is 18.2 Å². The normalized spacial score (nSPS) is 14.2. The summed E-state index contributed by atoms with van der Waals surface area (Å²) in [5.74, 6) is 0.584. The number of hydrogen-bond acceptors (Lipinski definition) is 5. The van der Waals surface area contributed by atoms with Crippen molar-refractivity contribution in [2.75, 3.05) is 11.4 Å². The molecule has 1 fully saturated rings. The summed E-state index contributed by atoms with van der Waals surface area (Å²) in [6.07, 6.45) is 3.09. The van der Waals surface area contributed by atoms with E-state index in [1.807, 2.05) is 18.2 Å². The summed E-state index contributed by atoms with van der Waals surface area (Å²) in [7, 11) is 0. The Kier molecular flexibility index (Phi) is 6.04. The van der Waals surface area contributed by atoms with E-state index in [-0.39, 0.29) is 35.4 Å². The van der Waals surface area contributed by atoms with Crippen molar-refractivity contribution in [3.05, 3.63) is 78.6 Å². The molecule has 1 aromatic heterocycles. The second-order valence-corrected chi connectivity index (χ2v) is 7.95. The van der Waals surface area contributed by atoms with E-state index in [9.17, 15) is 22.8 Å². The molecule has 3 aromatic rings. The van der Waals surface area contributed by atoms with Crippen LogP contribution in [0.2, 0.25) is 0 Å². The van der Waals surface area contributed by atoms with Crippen LogP contribution in [-0.2, 0) is 11.3 Å². The van der Waals surface area contributed by atoms with Crippen molar-refractivity contribution in [1.29, 1.82) is 0 Å². The van der Waals surface area contributed by atoms with Gasteiger partial charge in [0.2, 0.25) is 0 Å². The molecule has 0 saturated carbocycles. The number of imide groups is 1. The highest BCUT2D eigenvalue weighted by atomic mass is 32.2. The molecule has 1 aliphatic heterocycles. The lowest BCUT2D eigenvalue weighted by Crippen LogP contribution is -2.32. The van der Waals surface area contributed by atoms with Crippen LogP contribution in [0.1, 0.15) is 5.56 Å². The summed E-state index contributed by atoms with van der Waals surface area (Å²) in [6.45, 7) is -0.0568. The lowest BCUT2D eigenvalue weighted by Gasteiger charge is -2.19. The summed E-state index contributed by atoms with van der Waals surface area (Å²) < 4.78 is 43.4. The topological polar surface area (TPSA) is 62.7 Å². The number of nitrogens with zero attached hydrogens (tertiary/aromatic N) is 3. The second kappa shape index (κ2) is 8.91. The number of alkyl halides is 3. The molecule has 1 saturated heterocycles. The van der Waals surface area contributed by atoms with Gasteiger partial charge >= 0.3 is 11.5 Å². The Bertz CT molecular complexity index is 1120. The third-order valence-electron chi connectivity index (χ3n) is 4.57. The average molecular weight is 459 g/mol. The lowest BCUT2D eigenvalue weighted by atomic mass is 10.2. The summed E-state index contributed by atoms with van der Waals surface area (Å²) >= 11 is -0.260. The lowest BCUT2D eigenvalue weighted by molar-refractivity contribution is -0.116. The molecule has 0 atom stereocenters. The van der Waals surface area contributed by atoms with Crippen LogP contribution in [-0.4, -0.2) is 33.9 Å². The first-order valence-electron chi connectivity index (χ1n) is 9.43. The summed E-state index contributed by atoms with van der Waals surface area (Å²) in [6, 6.07) is 15.3. The van der Waals surface area contributed by atoms with Crippen LogP contribution >= 0.6 is 11.8 Å². The first kappa shape index (κ1) is 21.7. The van der Waals surface area contributed by atoms with Crippen LogP contribution in [0.15, 0.2) is 78.0 Å². The Hall–Kier alpha value is -3.53.